The van der Waals surface area contributed by atoms with E-state index in [0.29, 0.717) is 17.7 Å². The highest BCUT2D eigenvalue weighted by molar-refractivity contribution is 6.32. The Kier molecular flexibility index (Phi) is 4.45. The number of amides is 2. The van der Waals surface area contributed by atoms with Crippen molar-refractivity contribution >= 4 is 29.3 Å². The highest BCUT2D eigenvalue weighted by Crippen LogP contribution is 2.21. The van der Waals surface area contributed by atoms with E-state index in [1.165, 1.54) is 12.1 Å². The maximum Gasteiger partial charge on any atom is 0.319 e. The smallest absolute Gasteiger partial charge is 0.319 e. The normalized spacial score (nSPS) is 19.8. The lowest BCUT2D eigenvalue weighted by Gasteiger charge is -2.13. The van der Waals surface area contributed by atoms with E-state index in [1.54, 1.807) is 18.2 Å². The van der Waals surface area contributed by atoms with Crippen LogP contribution >= 0.6 is 11.6 Å². The van der Waals surface area contributed by atoms with E-state index in [-0.39, 0.29) is 11.1 Å². The number of nitrogens with zero attached hydrogens (tertiary/aromatic N) is 1. The van der Waals surface area contributed by atoms with Gasteiger partial charge in [0.2, 0.25) is 0 Å². The van der Waals surface area contributed by atoms with Gasteiger partial charge in [-0.05, 0) is 24.6 Å². The van der Waals surface area contributed by atoms with Gasteiger partial charge in [-0.25, -0.2) is 4.79 Å². The first-order valence-corrected chi connectivity index (χ1v) is 6.55. The van der Waals surface area contributed by atoms with Crippen molar-refractivity contribution in [2.24, 2.45) is 5.92 Å². The molecule has 6 nitrogen and oxygen atoms in total. The lowest BCUT2D eigenvalue weighted by Crippen LogP contribution is -2.36. The minimum atomic E-state index is -0.908. The van der Waals surface area contributed by atoms with Gasteiger partial charge < -0.3 is 15.7 Å². The topological polar surface area (TPSA) is 102 Å². The van der Waals surface area contributed by atoms with Gasteiger partial charge in [0.1, 0.15) is 6.07 Å². The number of carbonyl (C=O) groups excluding carboxylic acids is 1. The summed E-state index contributed by atoms with van der Waals surface area (Å²) in [6, 6.07) is 5.69. The van der Waals surface area contributed by atoms with Crippen LogP contribution in [-0.2, 0) is 4.79 Å². The molecule has 108 valence electrons. The van der Waals surface area contributed by atoms with E-state index in [1.807, 2.05) is 6.07 Å². The fourth-order valence-corrected chi connectivity index (χ4v) is 2.23. The summed E-state index contributed by atoms with van der Waals surface area (Å²) in [7, 11) is 0. The second-order valence-corrected chi connectivity index (χ2v) is 4.98. The number of carboxylic acid groups (broad SMARTS) is 1. The number of nitriles is 1. The first-order valence-electron chi connectivity index (χ1n) is 6.18. The largest absolute Gasteiger partial charge is 0.481 e. The Bertz CT molecular complexity index is 651. The number of halogens is 1. The molecular weight excluding hydrogens is 294 g/mol. The van der Waals surface area contributed by atoms with Crippen molar-refractivity contribution in [1.29, 1.82) is 5.26 Å². The molecule has 0 saturated heterocycles. The number of urea groups is 1. The SMILES string of the molecule is N#Cc1ccc(NC(=O)NC2C=CC(C(=O)O)C2)cc1Cl. The first kappa shape index (κ1) is 14.9. The molecular formula is C14H12ClN3O3. The molecule has 0 fully saturated rings. The molecule has 2 unspecified atom stereocenters. The number of anilines is 1. The summed E-state index contributed by atoms with van der Waals surface area (Å²) in [5.41, 5.74) is 0.777. The van der Waals surface area contributed by atoms with E-state index in [9.17, 15) is 9.59 Å². The lowest BCUT2D eigenvalue weighted by atomic mass is 10.1. The van der Waals surface area contributed by atoms with Crippen LogP contribution in [0.4, 0.5) is 10.5 Å². The zero-order chi connectivity index (χ0) is 15.4. The quantitative estimate of drug-likeness (QED) is 0.746. The van der Waals surface area contributed by atoms with Gasteiger partial charge >= 0.3 is 12.0 Å². The summed E-state index contributed by atoms with van der Waals surface area (Å²) in [6.45, 7) is 0. The van der Waals surface area contributed by atoms with Crippen LogP contribution in [0.25, 0.3) is 0 Å². The lowest BCUT2D eigenvalue weighted by molar-refractivity contribution is -0.140. The van der Waals surface area contributed by atoms with Crippen molar-refractivity contribution in [2.45, 2.75) is 12.5 Å². The number of hydrogen-bond donors (Lipinski definition) is 3. The van der Waals surface area contributed by atoms with Gasteiger partial charge in [0.25, 0.3) is 0 Å². The number of carbonyl (C=O) groups is 2. The van der Waals surface area contributed by atoms with E-state index in [2.05, 4.69) is 10.6 Å². The third-order valence-corrected chi connectivity index (χ3v) is 3.38. The fourth-order valence-electron chi connectivity index (χ4n) is 2.01. The zero-order valence-corrected chi connectivity index (χ0v) is 11.6. The van der Waals surface area contributed by atoms with Crippen LogP contribution in [0.3, 0.4) is 0 Å². The van der Waals surface area contributed by atoms with Crippen molar-refractivity contribution in [3.05, 3.63) is 40.9 Å². The molecule has 1 aromatic carbocycles. The van der Waals surface area contributed by atoms with Gasteiger partial charge in [0.15, 0.2) is 0 Å². The Morgan fingerprint density at radius 1 is 1.38 bits per heavy atom. The Balaban J connectivity index is 1.91. The maximum absolute atomic E-state index is 11.8. The number of aliphatic carboxylic acids is 1. The monoisotopic (exact) mass is 305 g/mol. The summed E-state index contributed by atoms with van der Waals surface area (Å²) in [6.07, 6.45) is 3.55. The minimum Gasteiger partial charge on any atom is -0.481 e. The molecule has 1 aromatic rings. The van der Waals surface area contributed by atoms with Crippen molar-refractivity contribution in [1.82, 2.24) is 5.32 Å². The van der Waals surface area contributed by atoms with Crippen molar-refractivity contribution < 1.29 is 14.7 Å². The fraction of sp³-hybridized carbons (Fsp3) is 0.214. The molecule has 0 aromatic heterocycles. The highest BCUT2D eigenvalue weighted by Gasteiger charge is 2.25. The number of nitrogens with one attached hydrogen (secondary N) is 2. The number of carboxylic acids is 1. The molecule has 0 bridgehead atoms. The average Bonchev–Trinajstić information content (AvgIpc) is 2.87. The highest BCUT2D eigenvalue weighted by atomic mass is 35.5. The summed E-state index contributed by atoms with van der Waals surface area (Å²) in [5.74, 6) is -1.48. The van der Waals surface area contributed by atoms with Gasteiger partial charge in [-0.3, -0.25) is 4.79 Å². The van der Waals surface area contributed by atoms with Crippen molar-refractivity contribution in [3.8, 4) is 6.07 Å². The van der Waals surface area contributed by atoms with Gasteiger partial charge in [-0.1, -0.05) is 23.8 Å². The molecule has 1 aliphatic carbocycles. The van der Waals surface area contributed by atoms with Crippen molar-refractivity contribution in [2.75, 3.05) is 5.32 Å². The predicted molar refractivity (Wildman–Crippen MR) is 77.0 cm³/mol. The second-order valence-electron chi connectivity index (χ2n) is 4.58. The van der Waals surface area contributed by atoms with Crippen LogP contribution in [0.15, 0.2) is 30.4 Å². The average molecular weight is 306 g/mol. The maximum atomic E-state index is 11.8. The molecule has 21 heavy (non-hydrogen) atoms. The Hall–Kier alpha value is -2.52. The van der Waals surface area contributed by atoms with E-state index in [4.69, 9.17) is 22.0 Å². The van der Waals surface area contributed by atoms with E-state index >= 15 is 0 Å². The predicted octanol–water partition coefficient (Wildman–Crippen LogP) is 2.36. The number of rotatable bonds is 3. The van der Waals surface area contributed by atoms with Crippen LogP contribution in [-0.4, -0.2) is 23.1 Å². The minimum absolute atomic E-state index is 0.252. The van der Waals surface area contributed by atoms with Gasteiger partial charge in [-0.15, -0.1) is 0 Å². The van der Waals surface area contributed by atoms with Gasteiger partial charge in [0.05, 0.1) is 22.5 Å². The second kappa shape index (κ2) is 6.29. The van der Waals surface area contributed by atoms with Crippen LogP contribution in [0, 0.1) is 17.2 Å². The van der Waals surface area contributed by atoms with Crippen LogP contribution < -0.4 is 10.6 Å². The summed E-state index contributed by atoms with van der Waals surface area (Å²) in [5, 5.41) is 23.1. The summed E-state index contributed by atoms with van der Waals surface area (Å²) < 4.78 is 0. The molecule has 0 spiro atoms. The third kappa shape index (κ3) is 3.74. The van der Waals surface area contributed by atoms with Crippen LogP contribution in [0.2, 0.25) is 5.02 Å². The molecule has 7 heteroatoms. The number of benzene rings is 1. The van der Waals surface area contributed by atoms with Gasteiger partial charge in [0, 0.05) is 5.69 Å². The third-order valence-electron chi connectivity index (χ3n) is 3.06. The molecule has 2 amide bonds. The zero-order valence-electron chi connectivity index (χ0n) is 10.8. The molecule has 0 radical (unpaired) electrons. The summed E-state index contributed by atoms with van der Waals surface area (Å²) >= 11 is 5.87. The number of hydrogen-bond acceptors (Lipinski definition) is 3. The molecule has 1 aliphatic rings. The molecule has 2 atom stereocenters. The first-order chi connectivity index (χ1) is 9.99. The standard InChI is InChI=1S/C14H12ClN3O3/c15-12-6-11(4-2-9(12)7-16)18-14(21)17-10-3-1-8(5-10)13(19)20/h1-4,6,8,10H,5H2,(H,19,20)(H2,17,18,21). The van der Waals surface area contributed by atoms with E-state index < -0.39 is 17.9 Å². The molecule has 3 N–H and O–H groups in total. The van der Waals surface area contributed by atoms with E-state index in [0.717, 1.165) is 0 Å². The molecule has 0 saturated carbocycles. The summed E-state index contributed by atoms with van der Waals surface area (Å²) in [4.78, 5) is 22.6. The molecule has 2 rings (SSSR count). The van der Waals surface area contributed by atoms with Crippen LogP contribution in [0.1, 0.15) is 12.0 Å². The van der Waals surface area contributed by atoms with Gasteiger partial charge in [-0.2, -0.15) is 5.26 Å². The molecule has 0 heterocycles. The Morgan fingerprint density at radius 3 is 2.71 bits per heavy atom. The van der Waals surface area contributed by atoms with Crippen molar-refractivity contribution in [3.63, 3.8) is 0 Å². The van der Waals surface area contributed by atoms with Crippen LogP contribution in [0.5, 0.6) is 0 Å². The Labute approximate surface area is 126 Å². The Morgan fingerprint density at radius 2 is 2.14 bits per heavy atom. The molecule has 0 aliphatic heterocycles.